The molecule has 0 spiro atoms. The van der Waals surface area contributed by atoms with Crippen LogP contribution in [0.2, 0.25) is 0 Å². The molecule has 0 fully saturated rings. The number of carbonyl (C=O) groups is 2. The number of benzene rings is 1. The fraction of sp³-hybridized carbons (Fsp3) is 0. The van der Waals surface area contributed by atoms with E-state index in [1.54, 1.807) is 6.07 Å². The number of hydrogen-bond acceptors (Lipinski definition) is 4. The van der Waals surface area contributed by atoms with Gasteiger partial charge in [-0.3, -0.25) is 4.79 Å². The Labute approximate surface area is 114 Å². The van der Waals surface area contributed by atoms with E-state index >= 15 is 0 Å². The van der Waals surface area contributed by atoms with E-state index in [0.29, 0.717) is 0 Å². The second kappa shape index (κ2) is 7.05. The Morgan fingerprint density at radius 1 is 1.38 bits per heavy atom. The van der Waals surface area contributed by atoms with Crippen LogP contribution in [-0.2, 0) is 4.79 Å². The molecule has 0 saturated heterocycles. The van der Waals surface area contributed by atoms with Crippen molar-refractivity contribution in [2.75, 3.05) is 0 Å². The molecule has 0 bridgehead atoms. The van der Waals surface area contributed by atoms with Gasteiger partial charge in [0.05, 0.1) is 5.97 Å². The normalized spacial score (nSPS) is 8.50. The maximum atomic E-state index is 10.7. The maximum absolute atomic E-state index is 10.7. The third-order valence-electron chi connectivity index (χ3n) is 1.55. The Hall–Kier alpha value is -1.30. The van der Waals surface area contributed by atoms with E-state index < -0.39 is 11.9 Å². The Morgan fingerprint density at radius 3 is 2.56 bits per heavy atom. The van der Waals surface area contributed by atoms with Gasteiger partial charge < -0.3 is 14.7 Å². The second-order valence-corrected chi connectivity index (χ2v) is 2.56. The number of aromatic carboxylic acids is 1. The minimum Gasteiger partial charge on any atom is -0.545 e. The van der Waals surface area contributed by atoms with Crippen molar-refractivity contribution >= 4 is 11.9 Å². The van der Waals surface area contributed by atoms with E-state index in [4.69, 9.17) is 4.84 Å². The summed E-state index contributed by atoms with van der Waals surface area (Å²) in [6, 6.07) is 5.80. The monoisotopic (exact) mass is 229 g/mol. The zero-order valence-electron chi connectivity index (χ0n) is 8.73. The van der Waals surface area contributed by atoms with E-state index in [1.165, 1.54) is 18.2 Å². The van der Waals surface area contributed by atoms with Gasteiger partial charge in [0.25, 0.3) is 5.91 Å². The molecule has 0 aliphatic carbocycles. The molecule has 0 aliphatic heterocycles. The van der Waals surface area contributed by atoms with Gasteiger partial charge in [0.15, 0.2) is 5.75 Å². The number of rotatable bonds is 4. The van der Waals surface area contributed by atoms with Gasteiger partial charge in [-0.1, -0.05) is 18.7 Å². The molecule has 1 rings (SSSR count). The summed E-state index contributed by atoms with van der Waals surface area (Å²) in [6.45, 7) is 3.21. The molecule has 16 heavy (non-hydrogen) atoms. The summed E-state index contributed by atoms with van der Waals surface area (Å²) in [4.78, 5) is 26.1. The van der Waals surface area contributed by atoms with Crippen molar-refractivity contribution in [3.8, 4) is 5.75 Å². The number of carbonyl (C=O) groups excluding carboxylic acids is 2. The molecule has 78 valence electrons. The average Bonchev–Trinajstić information content (AvgIpc) is 2.26. The Balaban J connectivity index is 0.00000225. The standard InChI is InChI=1S/C10H9NO4.Na/c1-2-9(12)11-15-8-6-4-3-5-7(8)10(13)14;/h2-6H,1H2,(H,11,12)(H,13,14);/q;+1/p-1. The van der Waals surface area contributed by atoms with Crippen molar-refractivity contribution in [3.63, 3.8) is 0 Å². The number of nitrogens with one attached hydrogen (secondary N) is 1. The van der Waals surface area contributed by atoms with Crippen molar-refractivity contribution < 1.29 is 49.1 Å². The second-order valence-electron chi connectivity index (χ2n) is 2.56. The van der Waals surface area contributed by atoms with Gasteiger partial charge >= 0.3 is 29.6 Å². The molecule has 0 aromatic heterocycles. The number of amides is 1. The summed E-state index contributed by atoms with van der Waals surface area (Å²) in [5, 5.41) is 10.6. The van der Waals surface area contributed by atoms with Crippen LogP contribution in [0.1, 0.15) is 10.4 Å². The quantitative estimate of drug-likeness (QED) is 0.332. The van der Waals surface area contributed by atoms with Gasteiger partial charge in [-0.25, -0.2) is 0 Å². The molecule has 0 atom stereocenters. The minimum absolute atomic E-state index is 0. The number of hydroxylamine groups is 1. The molecule has 0 aliphatic rings. The fourth-order valence-electron chi connectivity index (χ4n) is 0.871. The van der Waals surface area contributed by atoms with Crippen LogP contribution in [0.4, 0.5) is 0 Å². The number of carboxylic acids is 1. The maximum Gasteiger partial charge on any atom is 1.00 e. The molecule has 1 aromatic carbocycles. The van der Waals surface area contributed by atoms with Crippen LogP contribution in [0.15, 0.2) is 36.9 Å². The topological polar surface area (TPSA) is 78.5 Å². The zero-order valence-corrected chi connectivity index (χ0v) is 10.7. The van der Waals surface area contributed by atoms with Crippen LogP contribution in [0.5, 0.6) is 5.75 Å². The first-order valence-corrected chi connectivity index (χ1v) is 4.04. The van der Waals surface area contributed by atoms with E-state index in [9.17, 15) is 14.7 Å². The first-order chi connectivity index (χ1) is 7.15. The summed E-state index contributed by atoms with van der Waals surface area (Å²) in [6.07, 6.45) is 1.00. The van der Waals surface area contributed by atoms with Gasteiger partial charge in [0.1, 0.15) is 0 Å². The average molecular weight is 229 g/mol. The Morgan fingerprint density at radius 2 is 2.00 bits per heavy atom. The summed E-state index contributed by atoms with van der Waals surface area (Å²) in [5.41, 5.74) is 1.86. The summed E-state index contributed by atoms with van der Waals surface area (Å²) < 4.78 is 0. The predicted molar refractivity (Wildman–Crippen MR) is 49.7 cm³/mol. The van der Waals surface area contributed by atoms with E-state index in [1.807, 2.05) is 5.48 Å². The molecular formula is C10H8NNaO4. The summed E-state index contributed by atoms with van der Waals surface area (Å²) in [7, 11) is 0. The first-order valence-electron chi connectivity index (χ1n) is 4.04. The molecule has 5 nitrogen and oxygen atoms in total. The van der Waals surface area contributed by atoms with E-state index in [0.717, 1.165) is 6.08 Å². The van der Waals surface area contributed by atoms with Crippen LogP contribution < -0.4 is 45.0 Å². The molecule has 0 saturated carbocycles. The Kier molecular flexibility index (Phi) is 6.48. The molecule has 0 radical (unpaired) electrons. The van der Waals surface area contributed by atoms with Crippen molar-refractivity contribution in [2.45, 2.75) is 0 Å². The summed E-state index contributed by atoms with van der Waals surface area (Å²) >= 11 is 0. The molecule has 0 unspecified atom stereocenters. The SMILES string of the molecule is C=CC(=O)NOc1ccccc1C(=O)[O-].[Na+]. The van der Waals surface area contributed by atoms with E-state index in [-0.39, 0.29) is 40.9 Å². The van der Waals surface area contributed by atoms with Crippen molar-refractivity contribution in [1.82, 2.24) is 5.48 Å². The molecule has 1 aromatic rings. The van der Waals surface area contributed by atoms with Crippen LogP contribution in [0, 0.1) is 0 Å². The smallest absolute Gasteiger partial charge is 0.545 e. The molecular weight excluding hydrogens is 221 g/mol. The molecule has 1 N–H and O–H groups in total. The van der Waals surface area contributed by atoms with Crippen molar-refractivity contribution in [1.29, 1.82) is 0 Å². The van der Waals surface area contributed by atoms with Gasteiger partial charge in [-0.15, -0.1) is 0 Å². The van der Waals surface area contributed by atoms with Crippen LogP contribution in [0.3, 0.4) is 0 Å². The van der Waals surface area contributed by atoms with E-state index in [2.05, 4.69) is 6.58 Å². The third kappa shape index (κ3) is 4.06. The number of hydrogen-bond donors (Lipinski definition) is 1. The molecule has 6 heteroatoms. The molecule has 1 amide bonds. The van der Waals surface area contributed by atoms with Gasteiger partial charge in [-0.05, 0) is 18.2 Å². The number of carboxylic acid groups (broad SMARTS) is 1. The van der Waals surface area contributed by atoms with Gasteiger partial charge in [0.2, 0.25) is 0 Å². The van der Waals surface area contributed by atoms with Gasteiger partial charge in [0, 0.05) is 5.56 Å². The Bertz CT molecular complexity index is 406. The summed E-state index contributed by atoms with van der Waals surface area (Å²) in [5.74, 6) is -1.94. The largest absolute Gasteiger partial charge is 1.00 e. The first kappa shape index (κ1) is 14.7. The predicted octanol–water partition coefficient (Wildman–Crippen LogP) is -3.35. The zero-order chi connectivity index (χ0) is 11.3. The third-order valence-corrected chi connectivity index (χ3v) is 1.55. The van der Waals surface area contributed by atoms with Crippen LogP contribution in [-0.4, -0.2) is 11.9 Å². The van der Waals surface area contributed by atoms with Crippen LogP contribution >= 0.6 is 0 Å². The van der Waals surface area contributed by atoms with Gasteiger partial charge in [-0.2, -0.15) is 5.48 Å². The van der Waals surface area contributed by atoms with Crippen LogP contribution in [0.25, 0.3) is 0 Å². The minimum atomic E-state index is -1.38. The van der Waals surface area contributed by atoms with Crippen molar-refractivity contribution in [2.24, 2.45) is 0 Å². The van der Waals surface area contributed by atoms with Crippen molar-refractivity contribution in [3.05, 3.63) is 42.5 Å². The molecule has 0 heterocycles. The number of para-hydroxylation sites is 1. The fourth-order valence-corrected chi connectivity index (χ4v) is 0.871.